The normalized spacial score (nSPS) is 19.3. The van der Waals surface area contributed by atoms with Gasteiger partial charge in [-0.25, -0.2) is 18.4 Å². The summed E-state index contributed by atoms with van der Waals surface area (Å²) in [5.41, 5.74) is 4.20. The van der Waals surface area contributed by atoms with Gasteiger partial charge in [0.2, 0.25) is 5.91 Å². The molecule has 2 aromatic carbocycles. The van der Waals surface area contributed by atoms with Crippen molar-refractivity contribution >= 4 is 18.0 Å². The van der Waals surface area contributed by atoms with Crippen molar-refractivity contribution in [2.75, 3.05) is 13.2 Å². The molecule has 7 nitrogen and oxygen atoms in total. The molecule has 1 saturated heterocycles. The summed E-state index contributed by atoms with van der Waals surface area (Å²) in [6.45, 7) is 0.814. The topological polar surface area (TPSA) is 95.9 Å². The first-order chi connectivity index (χ1) is 16.2. The highest BCUT2D eigenvalue weighted by atomic mass is 19.3. The number of hydrogen-bond acceptors (Lipinski definition) is 4. The lowest BCUT2D eigenvalue weighted by atomic mass is 9.98. The molecule has 2 aliphatic rings. The Balaban J connectivity index is 1.44. The van der Waals surface area contributed by atoms with Crippen LogP contribution in [0.2, 0.25) is 0 Å². The Bertz CT molecular complexity index is 1060. The van der Waals surface area contributed by atoms with Crippen molar-refractivity contribution in [2.24, 2.45) is 0 Å². The number of carboxylic acids is 1. The molecule has 0 bridgehead atoms. The number of nitrogens with one attached hydrogen (secondary N) is 1. The van der Waals surface area contributed by atoms with Crippen LogP contribution < -0.4 is 5.32 Å². The van der Waals surface area contributed by atoms with Gasteiger partial charge in [0.25, 0.3) is 5.92 Å². The Hall–Kier alpha value is -3.49. The molecular weight excluding hydrogens is 446 g/mol. The molecule has 1 aliphatic heterocycles. The van der Waals surface area contributed by atoms with E-state index in [1.165, 1.54) is 0 Å². The van der Waals surface area contributed by atoms with E-state index in [0.29, 0.717) is 11.3 Å². The average Bonchev–Trinajstić information content (AvgIpc) is 3.31. The lowest BCUT2D eigenvalue weighted by Gasteiger charge is -2.26. The van der Waals surface area contributed by atoms with Crippen LogP contribution in [-0.2, 0) is 14.3 Å². The van der Waals surface area contributed by atoms with Gasteiger partial charge in [-0.1, -0.05) is 61.9 Å². The molecule has 2 amide bonds. The zero-order valence-corrected chi connectivity index (χ0v) is 18.7. The third-order valence-electron chi connectivity index (χ3n) is 6.35. The Labute approximate surface area is 195 Å². The lowest BCUT2D eigenvalue weighted by Crippen LogP contribution is -2.52. The van der Waals surface area contributed by atoms with Crippen LogP contribution in [0.1, 0.15) is 43.2 Å². The number of carbonyl (C=O) groups excluding carboxylic acids is 2. The summed E-state index contributed by atoms with van der Waals surface area (Å²) >= 11 is 0. The van der Waals surface area contributed by atoms with E-state index in [1.54, 1.807) is 6.92 Å². The number of benzene rings is 2. The van der Waals surface area contributed by atoms with Crippen molar-refractivity contribution in [3.8, 4) is 11.1 Å². The number of aliphatic carboxylic acids is 1. The van der Waals surface area contributed by atoms with Gasteiger partial charge in [-0.2, -0.15) is 0 Å². The van der Waals surface area contributed by atoms with Crippen LogP contribution >= 0.6 is 0 Å². The largest absolute Gasteiger partial charge is 0.480 e. The molecule has 34 heavy (non-hydrogen) atoms. The monoisotopic (exact) mass is 472 g/mol. The van der Waals surface area contributed by atoms with Crippen molar-refractivity contribution in [1.82, 2.24) is 10.2 Å². The molecule has 0 aromatic heterocycles. The fourth-order valence-corrected chi connectivity index (χ4v) is 4.80. The first kappa shape index (κ1) is 23.7. The second kappa shape index (κ2) is 9.40. The molecule has 180 valence electrons. The highest BCUT2D eigenvalue weighted by Gasteiger charge is 2.51. The molecule has 2 atom stereocenters. The van der Waals surface area contributed by atoms with Gasteiger partial charge < -0.3 is 20.1 Å². The number of nitrogens with zero attached hydrogens (tertiary/aromatic N) is 1. The SMILES string of the molecule is CCC[C@H](NC(=O)OCC1c2ccccc2-c2ccccc21)C(=O)N1CC(F)(F)C[C@@H]1C(=O)O. The predicted octanol–water partition coefficient (Wildman–Crippen LogP) is 4.01. The number of carboxylic acid groups (broad SMARTS) is 1. The van der Waals surface area contributed by atoms with Gasteiger partial charge in [0.1, 0.15) is 18.7 Å². The van der Waals surface area contributed by atoms with Gasteiger partial charge in [0.15, 0.2) is 0 Å². The number of likely N-dealkylation sites (tertiary alicyclic amines) is 1. The summed E-state index contributed by atoms with van der Waals surface area (Å²) in [5, 5.41) is 11.7. The minimum atomic E-state index is -3.29. The van der Waals surface area contributed by atoms with Gasteiger partial charge in [-0.3, -0.25) is 4.79 Å². The van der Waals surface area contributed by atoms with E-state index in [-0.39, 0.29) is 18.9 Å². The van der Waals surface area contributed by atoms with Crippen LogP contribution in [0.25, 0.3) is 11.1 Å². The van der Waals surface area contributed by atoms with Crippen molar-refractivity contribution < 1.29 is 33.0 Å². The van der Waals surface area contributed by atoms with Crippen LogP contribution in [0.4, 0.5) is 13.6 Å². The fourth-order valence-electron chi connectivity index (χ4n) is 4.80. The van der Waals surface area contributed by atoms with E-state index < -0.39 is 48.9 Å². The second-order valence-corrected chi connectivity index (χ2v) is 8.69. The van der Waals surface area contributed by atoms with Crippen molar-refractivity contribution in [3.63, 3.8) is 0 Å². The number of rotatable bonds is 7. The van der Waals surface area contributed by atoms with Crippen LogP contribution in [0, 0.1) is 0 Å². The zero-order valence-electron chi connectivity index (χ0n) is 18.7. The molecule has 9 heteroatoms. The van der Waals surface area contributed by atoms with Crippen LogP contribution in [0.15, 0.2) is 48.5 Å². The van der Waals surface area contributed by atoms with E-state index >= 15 is 0 Å². The van der Waals surface area contributed by atoms with Gasteiger partial charge in [0, 0.05) is 12.3 Å². The summed E-state index contributed by atoms with van der Waals surface area (Å²) in [6.07, 6.45) is -1.16. The number of ether oxygens (including phenoxy) is 1. The van der Waals surface area contributed by atoms with Crippen LogP contribution in [0.5, 0.6) is 0 Å². The smallest absolute Gasteiger partial charge is 0.407 e. The van der Waals surface area contributed by atoms with Crippen molar-refractivity contribution in [2.45, 2.75) is 50.1 Å². The molecule has 0 unspecified atom stereocenters. The molecule has 4 rings (SSSR count). The molecule has 1 heterocycles. The molecule has 0 radical (unpaired) electrons. The van der Waals surface area contributed by atoms with Gasteiger partial charge in [-0.05, 0) is 28.7 Å². The molecule has 0 spiro atoms. The van der Waals surface area contributed by atoms with E-state index in [9.17, 15) is 28.3 Å². The number of fused-ring (bicyclic) bond motifs is 3. The Kier molecular flexibility index (Phi) is 6.54. The maximum absolute atomic E-state index is 13.8. The van der Waals surface area contributed by atoms with E-state index in [2.05, 4.69) is 5.32 Å². The fraction of sp³-hybridized carbons (Fsp3) is 0.400. The maximum Gasteiger partial charge on any atom is 0.407 e. The number of amides is 2. The molecule has 2 N–H and O–H groups in total. The van der Waals surface area contributed by atoms with Crippen LogP contribution in [-0.4, -0.2) is 59.1 Å². The molecule has 1 aliphatic carbocycles. The highest BCUT2D eigenvalue weighted by Crippen LogP contribution is 2.44. The number of carbonyl (C=O) groups is 3. The predicted molar refractivity (Wildman–Crippen MR) is 120 cm³/mol. The Morgan fingerprint density at radius 1 is 1.12 bits per heavy atom. The summed E-state index contributed by atoms with van der Waals surface area (Å²) < 4.78 is 33.1. The quantitative estimate of drug-likeness (QED) is 0.635. The Morgan fingerprint density at radius 2 is 1.71 bits per heavy atom. The first-order valence-corrected chi connectivity index (χ1v) is 11.2. The zero-order chi connectivity index (χ0) is 24.5. The number of hydrogen-bond donors (Lipinski definition) is 2. The van der Waals surface area contributed by atoms with Crippen molar-refractivity contribution in [1.29, 1.82) is 0 Å². The second-order valence-electron chi connectivity index (χ2n) is 8.69. The number of halogens is 2. The standard InChI is InChI=1S/C25H26F2N2O5/c1-2-7-20(22(30)29-14-25(26,27)12-21(29)23(31)32)28-24(33)34-13-19-17-10-5-3-8-15(17)16-9-4-6-11-18(16)19/h3-6,8-11,19-21H,2,7,12-14H2,1H3,(H,28,33)(H,31,32)/t20-,21+/m0/s1. The van der Waals surface area contributed by atoms with Gasteiger partial charge in [0.05, 0.1) is 6.54 Å². The third-order valence-corrected chi connectivity index (χ3v) is 6.35. The minimum Gasteiger partial charge on any atom is -0.480 e. The number of alkyl carbamates (subject to hydrolysis) is 1. The maximum atomic E-state index is 13.8. The lowest BCUT2D eigenvalue weighted by molar-refractivity contribution is -0.149. The summed E-state index contributed by atoms with van der Waals surface area (Å²) in [7, 11) is 0. The minimum absolute atomic E-state index is 0.0342. The summed E-state index contributed by atoms with van der Waals surface area (Å²) in [5.74, 6) is -5.81. The molecule has 0 saturated carbocycles. The van der Waals surface area contributed by atoms with E-state index in [1.807, 2.05) is 48.5 Å². The molecule has 1 fully saturated rings. The Morgan fingerprint density at radius 3 is 2.26 bits per heavy atom. The first-order valence-electron chi connectivity index (χ1n) is 11.2. The summed E-state index contributed by atoms with van der Waals surface area (Å²) in [6, 6.07) is 12.9. The number of alkyl halides is 2. The molecule has 2 aromatic rings. The highest BCUT2D eigenvalue weighted by molar-refractivity contribution is 5.90. The third kappa shape index (κ3) is 4.60. The molecular formula is C25H26F2N2O5. The van der Waals surface area contributed by atoms with E-state index in [0.717, 1.165) is 22.3 Å². The van der Waals surface area contributed by atoms with E-state index in [4.69, 9.17) is 4.74 Å². The van der Waals surface area contributed by atoms with Crippen molar-refractivity contribution in [3.05, 3.63) is 59.7 Å². The van der Waals surface area contributed by atoms with Gasteiger partial charge >= 0.3 is 12.1 Å². The average molecular weight is 472 g/mol. The van der Waals surface area contributed by atoms with Crippen LogP contribution in [0.3, 0.4) is 0 Å². The summed E-state index contributed by atoms with van der Waals surface area (Å²) in [4.78, 5) is 37.6. The van der Waals surface area contributed by atoms with Gasteiger partial charge in [-0.15, -0.1) is 0 Å².